The van der Waals surface area contributed by atoms with Gasteiger partial charge in [-0.05, 0) is 6.07 Å². The van der Waals surface area contributed by atoms with Crippen LogP contribution < -0.4 is 11.1 Å². The number of nitrogens with zero attached hydrogens (tertiary/aromatic N) is 3. The molecule has 108 valence electrons. The van der Waals surface area contributed by atoms with E-state index in [-0.39, 0.29) is 36.0 Å². The second-order valence-electron chi connectivity index (χ2n) is 4.31. The van der Waals surface area contributed by atoms with Gasteiger partial charge in [-0.15, -0.1) is 0 Å². The van der Waals surface area contributed by atoms with Crippen LogP contribution in [0.3, 0.4) is 0 Å². The molecule has 0 aromatic heterocycles. The van der Waals surface area contributed by atoms with Gasteiger partial charge in [-0.25, -0.2) is 0 Å². The number of primary amides is 1. The van der Waals surface area contributed by atoms with Crippen molar-refractivity contribution in [3.05, 3.63) is 33.9 Å². The Hall–Kier alpha value is -3.15. The Morgan fingerprint density at radius 3 is 3.00 bits per heavy atom. The van der Waals surface area contributed by atoms with E-state index in [0.29, 0.717) is 5.69 Å². The number of anilines is 1. The summed E-state index contributed by atoms with van der Waals surface area (Å²) in [5.74, 6) is -0.634. The molecule has 1 aliphatic rings. The lowest BCUT2D eigenvalue weighted by Crippen LogP contribution is -2.26. The molecule has 9 nitrogen and oxygen atoms in total. The number of carbonyl (C=O) groups is 1. The minimum atomic E-state index is -0.634. The molecule has 2 rings (SSSR count). The Kier molecular flexibility index (Phi) is 3.99. The summed E-state index contributed by atoms with van der Waals surface area (Å²) in [6, 6.07) is 5.81. The van der Waals surface area contributed by atoms with Crippen LogP contribution in [0.25, 0.3) is 0 Å². The molecule has 0 saturated heterocycles. The highest BCUT2D eigenvalue weighted by molar-refractivity contribution is 6.38. The first kappa shape index (κ1) is 14.3. The highest BCUT2D eigenvalue weighted by Crippen LogP contribution is 2.22. The van der Waals surface area contributed by atoms with Crippen molar-refractivity contribution in [1.29, 1.82) is 5.26 Å². The number of benzene rings is 1. The molecule has 1 aromatic rings. The minimum absolute atomic E-state index is 0.151. The summed E-state index contributed by atoms with van der Waals surface area (Å²) in [5.41, 5.74) is 5.68. The van der Waals surface area contributed by atoms with Gasteiger partial charge in [-0.3, -0.25) is 14.9 Å². The van der Waals surface area contributed by atoms with Gasteiger partial charge in [-0.1, -0.05) is 5.16 Å². The van der Waals surface area contributed by atoms with Crippen molar-refractivity contribution >= 4 is 23.0 Å². The van der Waals surface area contributed by atoms with Crippen molar-refractivity contribution in [2.75, 3.05) is 11.9 Å². The van der Waals surface area contributed by atoms with E-state index >= 15 is 0 Å². The maximum absolute atomic E-state index is 10.9. The fourth-order valence-corrected chi connectivity index (χ4v) is 1.80. The summed E-state index contributed by atoms with van der Waals surface area (Å²) in [7, 11) is 0. The summed E-state index contributed by atoms with van der Waals surface area (Å²) in [4.78, 5) is 26.0. The number of nitrogens with one attached hydrogen (secondary N) is 1. The second-order valence-corrected chi connectivity index (χ2v) is 4.31. The van der Waals surface area contributed by atoms with Crippen molar-refractivity contribution in [3.63, 3.8) is 0 Å². The van der Waals surface area contributed by atoms with Gasteiger partial charge in [-0.2, -0.15) is 5.26 Å². The van der Waals surface area contributed by atoms with Crippen LogP contribution in [-0.2, 0) is 9.63 Å². The third-order valence-corrected chi connectivity index (χ3v) is 2.87. The van der Waals surface area contributed by atoms with E-state index in [4.69, 9.17) is 15.8 Å². The predicted octanol–water partition coefficient (Wildman–Crippen LogP) is 0.509. The van der Waals surface area contributed by atoms with Gasteiger partial charge in [0.05, 0.1) is 22.7 Å². The molecule has 1 amide bonds. The Bertz CT molecular complexity index is 664. The van der Waals surface area contributed by atoms with Crippen molar-refractivity contribution < 1.29 is 14.6 Å². The molecule has 0 unspecified atom stereocenters. The molecule has 1 aromatic carbocycles. The maximum Gasteiger partial charge on any atom is 0.270 e. The van der Waals surface area contributed by atoms with Crippen molar-refractivity contribution in [3.8, 4) is 6.07 Å². The molecule has 21 heavy (non-hydrogen) atoms. The third kappa shape index (κ3) is 3.24. The molecular formula is C12H11N5O4. The van der Waals surface area contributed by atoms with E-state index in [1.54, 1.807) is 0 Å². The topological polar surface area (TPSA) is 144 Å². The third-order valence-electron chi connectivity index (χ3n) is 2.87. The van der Waals surface area contributed by atoms with Crippen LogP contribution in [0.1, 0.15) is 12.0 Å². The Labute approximate surface area is 119 Å². The summed E-state index contributed by atoms with van der Waals surface area (Å²) in [6.45, 7) is 0.284. The second kappa shape index (κ2) is 5.87. The molecule has 0 spiro atoms. The van der Waals surface area contributed by atoms with E-state index in [1.807, 2.05) is 6.07 Å². The smallest absolute Gasteiger partial charge is 0.270 e. The SMILES string of the molecule is N#Cc1cc([N+](=O)[O-])ccc1NC[C@H]1CC(C(N)=O)=NO1. The molecule has 0 aliphatic carbocycles. The number of nitriles is 1. The number of hydrogen-bond acceptors (Lipinski definition) is 7. The van der Waals surface area contributed by atoms with Gasteiger partial charge >= 0.3 is 0 Å². The minimum Gasteiger partial charge on any atom is -0.390 e. The van der Waals surface area contributed by atoms with Crippen molar-refractivity contribution in [2.24, 2.45) is 10.9 Å². The highest BCUT2D eigenvalue weighted by atomic mass is 16.6. The van der Waals surface area contributed by atoms with Gasteiger partial charge in [0.2, 0.25) is 0 Å². The number of non-ortho nitro benzene ring substituents is 1. The van der Waals surface area contributed by atoms with Gasteiger partial charge in [0.1, 0.15) is 11.8 Å². The van der Waals surface area contributed by atoms with Crippen LogP contribution >= 0.6 is 0 Å². The lowest BCUT2D eigenvalue weighted by Gasteiger charge is -2.11. The van der Waals surface area contributed by atoms with Gasteiger partial charge in [0.15, 0.2) is 6.10 Å². The molecule has 0 saturated carbocycles. The summed E-state index contributed by atoms with van der Waals surface area (Å²) < 4.78 is 0. The molecule has 0 bridgehead atoms. The highest BCUT2D eigenvalue weighted by Gasteiger charge is 2.24. The molecule has 1 heterocycles. The fraction of sp³-hybridized carbons (Fsp3) is 0.250. The summed E-state index contributed by atoms with van der Waals surface area (Å²) in [6.07, 6.45) is -0.105. The standard InChI is InChI=1S/C12H11N5O4/c13-5-7-3-8(17(19)20)1-2-10(7)15-6-9-4-11(12(14)18)16-21-9/h1-3,9,15H,4,6H2,(H2,14,18)/t9-/m1/s1. The Balaban J connectivity index is 2.00. The number of nitro groups is 1. The van der Waals surface area contributed by atoms with Crippen LogP contribution in [0.15, 0.2) is 23.4 Å². The lowest BCUT2D eigenvalue weighted by atomic mass is 10.1. The molecule has 3 N–H and O–H groups in total. The first-order chi connectivity index (χ1) is 10.0. The summed E-state index contributed by atoms with van der Waals surface area (Å²) >= 11 is 0. The first-order valence-electron chi connectivity index (χ1n) is 5.96. The molecule has 1 atom stereocenters. The Morgan fingerprint density at radius 1 is 1.67 bits per heavy atom. The van der Waals surface area contributed by atoms with E-state index in [1.165, 1.54) is 18.2 Å². The fourth-order valence-electron chi connectivity index (χ4n) is 1.80. The number of hydrogen-bond donors (Lipinski definition) is 2. The largest absolute Gasteiger partial charge is 0.390 e. The lowest BCUT2D eigenvalue weighted by molar-refractivity contribution is -0.384. The maximum atomic E-state index is 10.9. The monoisotopic (exact) mass is 289 g/mol. The first-order valence-corrected chi connectivity index (χ1v) is 5.96. The number of nitrogens with two attached hydrogens (primary N) is 1. The number of oxime groups is 1. The predicted molar refractivity (Wildman–Crippen MR) is 72.4 cm³/mol. The zero-order chi connectivity index (χ0) is 15.4. The van der Waals surface area contributed by atoms with E-state index < -0.39 is 10.8 Å². The van der Waals surface area contributed by atoms with Crippen LogP contribution in [0.4, 0.5) is 11.4 Å². The average Bonchev–Trinajstić information content (AvgIpc) is 2.93. The Morgan fingerprint density at radius 2 is 2.43 bits per heavy atom. The van der Waals surface area contributed by atoms with E-state index in [9.17, 15) is 14.9 Å². The quantitative estimate of drug-likeness (QED) is 0.596. The zero-order valence-corrected chi connectivity index (χ0v) is 10.8. The van der Waals surface area contributed by atoms with Crippen LogP contribution in [0.2, 0.25) is 0 Å². The van der Waals surface area contributed by atoms with Gasteiger partial charge in [0, 0.05) is 18.6 Å². The van der Waals surface area contributed by atoms with Gasteiger partial charge in [0.25, 0.3) is 11.6 Å². The molecule has 0 radical (unpaired) electrons. The number of amides is 1. The molecular weight excluding hydrogens is 278 g/mol. The zero-order valence-electron chi connectivity index (χ0n) is 10.8. The van der Waals surface area contributed by atoms with Crippen molar-refractivity contribution in [2.45, 2.75) is 12.5 Å². The van der Waals surface area contributed by atoms with E-state index in [0.717, 1.165) is 0 Å². The normalized spacial score (nSPS) is 16.5. The van der Waals surface area contributed by atoms with Crippen LogP contribution in [-0.4, -0.2) is 29.2 Å². The number of carbonyl (C=O) groups excluding carboxylic acids is 1. The molecule has 1 aliphatic heterocycles. The van der Waals surface area contributed by atoms with Gasteiger partial charge < -0.3 is 15.9 Å². The average molecular weight is 289 g/mol. The molecule has 0 fully saturated rings. The molecule has 9 heteroatoms. The van der Waals surface area contributed by atoms with Crippen molar-refractivity contribution in [1.82, 2.24) is 0 Å². The van der Waals surface area contributed by atoms with Crippen LogP contribution in [0, 0.1) is 21.4 Å². The number of nitro benzene ring substituents is 1. The van der Waals surface area contributed by atoms with Crippen LogP contribution in [0.5, 0.6) is 0 Å². The number of rotatable bonds is 5. The van der Waals surface area contributed by atoms with E-state index in [2.05, 4.69) is 10.5 Å². The summed E-state index contributed by atoms with van der Waals surface area (Å²) in [5, 5.41) is 26.1.